The van der Waals surface area contributed by atoms with Crippen LogP contribution in [0.15, 0.2) is 42.7 Å². The standard InChI is InChI=1S/C18H22N4O3S/c1-21(12-14-6-4-3-5-7-14)17-11-19-16(10-20-17)18(23)22(2)15-8-9-26(24,25)13-15/h3-7,10-11,15H,8-9,12-13H2,1-2H3. The highest BCUT2D eigenvalue weighted by Gasteiger charge is 2.33. The first-order chi connectivity index (χ1) is 12.4. The number of carbonyl (C=O) groups excluding carboxylic acids is 1. The van der Waals surface area contributed by atoms with Crippen LogP contribution in [0, 0.1) is 0 Å². The Kier molecular flexibility index (Phi) is 5.22. The van der Waals surface area contributed by atoms with Crippen molar-refractivity contribution in [3.63, 3.8) is 0 Å². The second kappa shape index (κ2) is 7.41. The number of rotatable bonds is 5. The highest BCUT2D eigenvalue weighted by Crippen LogP contribution is 2.18. The summed E-state index contributed by atoms with van der Waals surface area (Å²) in [4.78, 5) is 24.5. The number of sulfone groups is 1. The molecule has 1 saturated heterocycles. The molecule has 8 heteroatoms. The summed E-state index contributed by atoms with van der Waals surface area (Å²) in [6.45, 7) is 0.683. The van der Waals surface area contributed by atoms with Crippen LogP contribution in [0.5, 0.6) is 0 Å². The van der Waals surface area contributed by atoms with E-state index in [1.807, 2.05) is 42.3 Å². The topological polar surface area (TPSA) is 83.5 Å². The Bertz CT molecular complexity index is 869. The lowest BCUT2D eigenvalue weighted by atomic mass is 10.2. The summed E-state index contributed by atoms with van der Waals surface area (Å²) in [6, 6.07) is 9.70. The third kappa shape index (κ3) is 4.19. The molecule has 0 saturated carbocycles. The lowest BCUT2D eigenvalue weighted by Gasteiger charge is -2.23. The van der Waals surface area contributed by atoms with Crippen LogP contribution in [0.4, 0.5) is 5.82 Å². The highest BCUT2D eigenvalue weighted by molar-refractivity contribution is 7.91. The minimum Gasteiger partial charge on any atom is -0.354 e. The van der Waals surface area contributed by atoms with Gasteiger partial charge in [0, 0.05) is 26.7 Å². The number of anilines is 1. The summed E-state index contributed by atoms with van der Waals surface area (Å²) in [7, 11) is 0.486. The molecule has 1 unspecified atom stereocenters. The van der Waals surface area contributed by atoms with Crippen molar-refractivity contribution >= 4 is 21.6 Å². The smallest absolute Gasteiger partial charge is 0.274 e. The van der Waals surface area contributed by atoms with E-state index in [0.717, 1.165) is 5.56 Å². The summed E-state index contributed by atoms with van der Waals surface area (Å²) in [6.07, 6.45) is 3.48. The largest absolute Gasteiger partial charge is 0.354 e. The summed E-state index contributed by atoms with van der Waals surface area (Å²) < 4.78 is 23.2. The molecular formula is C18H22N4O3S. The molecule has 0 bridgehead atoms. The van der Waals surface area contributed by atoms with Crippen LogP contribution in [0.25, 0.3) is 0 Å². The van der Waals surface area contributed by atoms with Crippen LogP contribution >= 0.6 is 0 Å². The van der Waals surface area contributed by atoms with Crippen molar-refractivity contribution in [3.05, 3.63) is 54.0 Å². The van der Waals surface area contributed by atoms with Crippen LogP contribution in [-0.2, 0) is 16.4 Å². The number of nitrogens with zero attached hydrogens (tertiary/aromatic N) is 4. The van der Waals surface area contributed by atoms with Crippen LogP contribution in [-0.4, -0.2) is 60.8 Å². The van der Waals surface area contributed by atoms with Crippen molar-refractivity contribution in [3.8, 4) is 0 Å². The van der Waals surface area contributed by atoms with E-state index in [4.69, 9.17) is 0 Å². The molecule has 0 spiro atoms. The van der Waals surface area contributed by atoms with Crippen LogP contribution in [0.2, 0.25) is 0 Å². The Morgan fingerprint density at radius 3 is 2.46 bits per heavy atom. The molecule has 3 rings (SSSR count). The monoisotopic (exact) mass is 374 g/mol. The van der Waals surface area contributed by atoms with Gasteiger partial charge in [-0.1, -0.05) is 30.3 Å². The second-order valence-electron chi connectivity index (χ2n) is 6.57. The number of hydrogen-bond donors (Lipinski definition) is 0. The molecule has 1 aliphatic rings. The average molecular weight is 374 g/mol. The minimum atomic E-state index is -3.04. The van der Waals surface area contributed by atoms with Gasteiger partial charge in [-0.2, -0.15) is 0 Å². The summed E-state index contributed by atoms with van der Waals surface area (Å²) in [5.41, 5.74) is 1.37. The number of amides is 1. The molecular weight excluding hydrogens is 352 g/mol. The number of carbonyl (C=O) groups is 1. The van der Waals surface area contributed by atoms with E-state index >= 15 is 0 Å². The fraction of sp³-hybridized carbons (Fsp3) is 0.389. The normalized spacial score (nSPS) is 18.5. The molecule has 1 aromatic carbocycles. The van der Waals surface area contributed by atoms with Crippen molar-refractivity contribution in [1.82, 2.24) is 14.9 Å². The van der Waals surface area contributed by atoms with Gasteiger partial charge in [-0.3, -0.25) is 4.79 Å². The number of hydrogen-bond acceptors (Lipinski definition) is 6. The fourth-order valence-corrected chi connectivity index (χ4v) is 4.77. The zero-order chi connectivity index (χ0) is 18.7. The van der Waals surface area contributed by atoms with E-state index in [1.54, 1.807) is 13.2 Å². The van der Waals surface area contributed by atoms with Crippen molar-refractivity contribution in [1.29, 1.82) is 0 Å². The van der Waals surface area contributed by atoms with E-state index < -0.39 is 9.84 Å². The van der Waals surface area contributed by atoms with Crippen molar-refractivity contribution in [2.24, 2.45) is 0 Å². The van der Waals surface area contributed by atoms with Gasteiger partial charge in [-0.25, -0.2) is 18.4 Å². The van der Waals surface area contributed by atoms with E-state index in [2.05, 4.69) is 9.97 Å². The maximum absolute atomic E-state index is 12.5. The number of benzene rings is 1. The molecule has 1 fully saturated rings. The quantitative estimate of drug-likeness (QED) is 0.786. The first-order valence-corrected chi connectivity index (χ1v) is 10.2. The van der Waals surface area contributed by atoms with E-state index in [1.165, 1.54) is 11.1 Å². The highest BCUT2D eigenvalue weighted by atomic mass is 32.2. The molecule has 2 heterocycles. The summed E-state index contributed by atoms with van der Waals surface area (Å²) in [5, 5.41) is 0. The SMILES string of the molecule is CN(Cc1ccccc1)c1cnc(C(=O)N(C)C2CCS(=O)(=O)C2)cn1. The predicted octanol–water partition coefficient (Wildman–Crippen LogP) is 1.37. The molecule has 7 nitrogen and oxygen atoms in total. The summed E-state index contributed by atoms with van der Waals surface area (Å²) >= 11 is 0. The third-order valence-corrected chi connectivity index (χ3v) is 6.34. The van der Waals surface area contributed by atoms with Gasteiger partial charge < -0.3 is 9.80 Å². The number of aromatic nitrogens is 2. The maximum Gasteiger partial charge on any atom is 0.274 e. The molecule has 1 atom stereocenters. The average Bonchev–Trinajstić information content (AvgIpc) is 3.01. The molecule has 0 radical (unpaired) electrons. The Labute approximate surface area is 153 Å². The van der Waals surface area contributed by atoms with Gasteiger partial charge in [-0.05, 0) is 12.0 Å². The lowest BCUT2D eigenvalue weighted by Crippen LogP contribution is -2.38. The molecule has 0 N–H and O–H groups in total. The van der Waals surface area contributed by atoms with Crippen molar-refractivity contribution in [2.75, 3.05) is 30.5 Å². The molecule has 0 aliphatic carbocycles. The van der Waals surface area contributed by atoms with Gasteiger partial charge >= 0.3 is 0 Å². The Balaban J connectivity index is 1.66. The van der Waals surface area contributed by atoms with E-state index in [9.17, 15) is 13.2 Å². The minimum absolute atomic E-state index is 0.0144. The van der Waals surface area contributed by atoms with Crippen LogP contribution in [0.3, 0.4) is 0 Å². The van der Waals surface area contributed by atoms with Gasteiger partial charge in [0.2, 0.25) is 0 Å². The summed E-state index contributed by atoms with van der Waals surface area (Å²) in [5.74, 6) is 0.499. The van der Waals surface area contributed by atoms with Crippen molar-refractivity contribution in [2.45, 2.75) is 19.0 Å². The molecule has 1 aliphatic heterocycles. The first-order valence-electron chi connectivity index (χ1n) is 8.40. The van der Waals surface area contributed by atoms with E-state index in [-0.39, 0.29) is 29.1 Å². The fourth-order valence-electron chi connectivity index (χ4n) is 2.99. The van der Waals surface area contributed by atoms with Crippen molar-refractivity contribution < 1.29 is 13.2 Å². The van der Waals surface area contributed by atoms with Gasteiger partial charge in [0.15, 0.2) is 9.84 Å². The van der Waals surface area contributed by atoms with Crippen LogP contribution in [0.1, 0.15) is 22.5 Å². The third-order valence-electron chi connectivity index (χ3n) is 4.59. The predicted molar refractivity (Wildman–Crippen MR) is 99.7 cm³/mol. The Morgan fingerprint density at radius 2 is 1.88 bits per heavy atom. The molecule has 2 aromatic rings. The Morgan fingerprint density at radius 1 is 1.15 bits per heavy atom. The molecule has 26 heavy (non-hydrogen) atoms. The lowest BCUT2D eigenvalue weighted by molar-refractivity contribution is 0.0741. The van der Waals surface area contributed by atoms with E-state index in [0.29, 0.717) is 18.8 Å². The van der Waals surface area contributed by atoms with Gasteiger partial charge in [0.25, 0.3) is 5.91 Å². The Hall–Kier alpha value is -2.48. The van der Waals surface area contributed by atoms with Crippen LogP contribution < -0.4 is 4.90 Å². The maximum atomic E-state index is 12.5. The van der Waals surface area contributed by atoms with Gasteiger partial charge in [-0.15, -0.1) is 0 Å². The molecule has 1 aromatic heterocycles. The zero-order valence-corrected chi connectivity index (χ0v) is 15.7. The van der Waals surface area contributed by atoms with Gasteiger partial charge in [0.05, 0.1) is 23.9 Å². The van der Waals surface area contributed by atoms with Gasteiger partial charge in [0.1, 0.15) is 11.5 Å². The zero-order valence-electron chi connectivity index (χ0n) is 14.9. The second-order valence-corrected chi connectivity index (χ2v) is 8.80. The first kappa shape index (κ1) is 18.3. The molecule has 1 amide bonds. The molecule has 138 valence electrons.